The van der Waals surface area contributed by atoms with E-state index in [1.807, 2.05) is 6.07 Å². The molecule has 132 valence electrons. The van der Waals surface area contributed by atoms with Gasteiger partial charge in [-0.15, -0.1) is 0 Å². The summed E-state index contributed by atoms with van der Waals surface area (Å²) >= 11 is 5.83. The van der Waals surface area contributed by atoms with Crippen molar-refractivity contribution in [3.63, 3.8) is 0 Å². The van der Waals surface area contributed by atoms with E-state index in [0.717, 1.165) is 5.56 Å². The first-order valence-corrected chi connectivity index (χ1v) is 8.28. The zero-order chi connectivity index (χ0) is 18.5. The van der Waals surface area contributed by atoms with Gasteiger partial charge < -0.3 is 10.1 Å². The number of nitrogens with one attached hydrogen (secondary N) is 2. The Morgan fingerprint density at radius 1 is 1.15 bits per heavy atom. The number of hydrogen-bond acceptors (Lipinski definition) is 4. The van der Waals surface area contributed by atoms with Crippen molar-refractivity contribution < 1.29 is 9.53 Å². The summed E-state index contributed by atoms with van der Waals surface area (Å²) < 4.78 is 5.61. The Morgan fingerprint density at radius 2 is 1.92 bits per heavy atom. The minimum atomic E-state index is -0.689. The Kier molecular flexibility index (Phi) is 5.34. The molecule has 1 aromatic heterocycles. The molecule has 0 radical (unpaired) electrons. The van der Waals surface area contributed by atoms with Crippen molar-refractivity contribution in [2.24, 2.45) is 0 Å². The van der Waals surface area contributed by atoms with E-state index in [4.69, 9.17) is 16.3 Å². The molecule has 0 saturated heterocycles. The molecular weight excluding hydrogens is 354 g/mol. The van der Waals surface area contributed by atoms with Crippen LogP contribution in [0.4, 0.5) is 5.69 Å². The molecule has 0 aliphatic carbocycles. The number of halogens is 1. The van der Waals surface area contributed by atoms with Crippen LogP contribution >= 0.6 is 11.6 Å². The summed E-state index contributed by atoms with van der Waals surface area (Å²) in [4.78, 5) is 23.5. The fraction of sp³-hybridized carbons (Fsp3) is 0.105. The Bertz CT molecular complexity index is 950. The number of amides is 1. The number of benzene rings is 2. The molecular formula is C19H16ClN3O3. The molecule has 3 rings (SSSR count). The van der Waals surface area contributed by atoms with Gasteiger partial charge in [0.25, 0.3) is 11.5 Å². The predicted octanol–water partition coefficient (Wildman–Crippen LogP) is 3.50. The number of rotatable bonds is 5. The monoisotopic (exact) mass is 369 g/mol. The highest BCUT2D eigenvalue weighted by molar-refractivity contribution is 6.30. The van der Waals surface area contributed by atoms with Gasteiger partial charge in [-0.2, -0.15) is 5.10 Å². The van der Waals surface area contributed by atoms with Crippen molar-refractivity contribution in [2.45, 2.75) is 13.0 Å². The van der Waals surface area contributed by atoms with Crippen molar-refractivity contribution in [3.8, 4) is 17.0 Å². The van der Waals surface area contributed by atoms with Crippen LogP contribution in [-0.2, 0) is 4.79 Å². The number of H-pyrrole nitrogens is 1. The molecule has 26 heavy (non-hydrogen) atoms. The summed E-state index contributed by atoms with van der Waals surface area (Å²) in [6.45, 7) is 1.66. The van der Waals surface area contributed by atoms with E-state index in [-0.39, 0.29) is 11.5 Å². The van der Waals surface area contributed by atoms with Crippen LogP contribution in [0.1, 0.15) is 6.92 Å². The van der Waals surface area contributed by atoms with Gasteiger partial charge in [0.05, 0.1) is 5.69 Å². The van der Waals surface area contributed by atoms with Gasteiger partial charge >= 0.3 is 0 Å². The van der Waals surface area contributed by atoms with E-state index in [1.54, 1.807) is 55.5 Å². The Hall–Kier alpha value is -3.12. The van der Waals surface area contributed by atoms with Crippen LogP contribution in [0.25, 0.3) is 11.3 Å². The lowest BCUT2D eigenvalue weighted by molar-refractivity contribution is -0.122. The summed E-state index contributed by atoms with van der Waals surface area (Å²) in [6.07, 6.45) is -0.689. The molecule has 0 spiro atoms. The highest BCUT2D eigenvalue weighted by Crippen LogP contribution is 2.21. The molecule has 0 bridgehead atoms. The van der Waals surface area contributed by atoms with Crippen molar-refractivity contribution >= 4 is 23.2 Å². The molecule has 7 heteroatoms. The highest BCUT2D eigenvalue weighted by atomic mass is 35.5. The lowest BCUT2D eigenvalue weighted by atomic mass is 10.1. The minimum absolute atomic E-state index is 0.272. The maximum atomic E-state index is 12.4. The van der Waals surface area contributed by atoms with Crippen molar-refractivity contribution in [2.75, 3.05) is 5.32 Å². The third-order valence-corrected chi connectivity index (χ3v) is 3.85. The average molecular weight is 370 g/mol. The number of anilines is 1. The maximum Gasteiger partial charge on any atom is 0.265 e. The lowest BCUT2D eigenvalue weighted by Gasteiger charge is -2.15. The highest BCUT2D eigenvalue weighted by Gasteiger charge is 2.15. The molecule has 1 unspecified atom stereocenters. The van der Waals surface area contributed by atoms with Gasteiger partial charge in [0.1, 0.15) is 5.75 Å². The fourth-order valence-corrected chi connectivity index (χ4v) is 2.40. The van der Waals surface area contributed by atoms with Crippen LogP contribution in [0.3, 0.4) is 0 Å². The summed E-state index contributed by atoms with van der Waals surface area (Å²) in [5, 5.41) is 9.77. The van der Waals surface area contributed by atoms with Gasteiger partial charge in [-0.1, -0.05) is 23.7 Å². The minimum Gasteiger partial charge on any atom is -0.481 e. The van der Waals surface area contributed by atoms with E-state index in [1.165, 1.54) is 6.07 Å². The first-order chi connectivity index (χ1) is 12.5. The molecule has 0 fully saturated rings. The van der Waals surface area contributed by atoms with Gasteiger partial charge in [0.2, 0.25) is 0 Å². The molecule has 2 N–H and O–H groups in total. The molecule has 6 nitrogen and oxygen atoms in total. The lowest BCUT2D eigenvalue weighted by Crippen LogP contribution is -2.30. The molecule has 2 aromatic carbocycles. The number of nitrogens with zero attached hydrogens (tertiary/aromatic N) is 1. The smallest absolute Gasteiger partial charge is 0.265 e. The summed E-state index contributed by atoms with van der Waals surface area (Å²) in [5.74, 6) is 0.273. The molecule has 1 amide bonds. The quantitative estimate of drug-likeness (QED) is 0.721. The standard InChI is InChI=1S/C19H16ClN3O3/c1-12(26-16-7-5-14(20)6-8-16)19(25)21-15-4-2-3-13(11-15)17-9-10-18(24)23-22-17/h2-12H,1H3,(H,21,25)(H,23,24). The van der Waals surface area contributed by atoms with E-state index in [2.05, 4.69) is 15.5 Å². The topological polar surface area (TPSA) is 84.1 Å². The summed E-state index contributed by atoms with van der Waals surface area (Å²) in [7, 11) is 0. The van der Waals surface area contributed by atoms with Crippen LogP contribution < -0.4 is 15.6 Å². The Labute approximate surface area is 154 Å². The largest absolute Gasteiger partial charge is 0.481 e. The van der Waals surface area contributed by atoms with Crippen LogP contribution in [0, 0.1) is 0 Å². The second-order valence-electron chi connectivity index (χ2n) is 5.59. The van der Waals surface area contributed by atoms with E-state index >= 15 is 0 Å². The second kappa shape index (κ2) is 7.84. The third-order valence-electron chi connectivity index (χ3n) is 3.60. The second-order valence-corrected chi connectivity index (χ2v) is 6.03. The average Bonchev–Trinajstić information content (AvgIpc) is 2.64. The van der Waals surface area contributed by atoms with Gasteiger partial charge in [-0.25, -0.2) is 5.10 Å². The normalized spacial score (nSPS) is 11.6. The zero-order valence-corrected chi connectivity index (χ0v) is 14.7. The number of aromatic nitrogens is 2. The first kappa shape index (κ1) is 17.7. The van der Waals surface area contributed by atoms with E-state index in [0.29, 0.717) is 22.2 Å². The SMILES string of the molecule is CC(Oc1ccc(Cl)cc1)C(=O)Nc1cccc(-c2ccc(=O)[nH]n2)c1. The maximum absolute atomic E-state index is 12.4. The molecule has 0 aliphatic heterocycles. The zero-order valence-electron chi connectivity index (χ0n) is 13.9. The molecule has 3 aromatic rings. The van der Waals surface area contributed by atoms with Crippen LogP contribution in [0.5, 0.6) is 5.75 Å². The van der Waals surface area contributed by atoms with Crippen LogP contribution in [0.2, 0.25) is 5.02 Å². The number of aromatic amines is 1. The molecule has 0 aliphatic rings. The van der Waals surface area contributed by atoms with Gasteiger partial charge in [-0.3, -0.25) is 9.59 Å². The van der Waals surface area contributed by atoms with Gasteiger partial charge in [0, 0.05) is 22.3 Å². The summed E-state index contributed by atoms with van der Waals surface area (Å²) in [5.41, 5.74) is 1.70. The number of ether oxygens (including phenoxy) is 1. The van der Waals surface area contributed by atoms with E-state index in [9.17, 15) is 9.59 Å². The third kappa shape index (κ3) is 4.49. The number of carbonyl (C=O) groups is 1. The van der Waals surface area contributed by atoms with Gasteiger partial charge in [0.15, 0.2) is 6.10 Å². The predicted molar refractivity (Wildman–Crippen MR) is 100 cm³/mol. The van der Waals surface area contributed by atoms with Gasteiger partial charge in [-0.05, 0) is 49.4 Å². The molecule has 1 heterocycles. The molecule has 1 atom stereocenters. The Morgan fingerprint density at radius 3 is 2.62 bits per heavy atom. The first-order valence-electron chi connectivity index (χ1n) is 7.90. The Balaban J connectivity index is 1.68. The summed E-state index contributed by atoms with van der Waals surface area (Å²) in [6, 6.07) is 17.0. The van der Waals surface area contributed by atoms with Crippen molar-refractivity contribution in [1.82, 2.24) is 10.2 Å². The van der Waals surface area contributed by atoms with Crippen LogP contribution in [0.15, 0.2) is 65.5 Å². The van der Waals surface area contributed by atoms with Crippen molar-refractivity contribution in [3.05, 3.63) is 76.0 Å². The van der Waals surface area contributed by atoms with Crippen LogP contribution in [-0.4, -0.2) is 22.2 Å². The number of hydrogen-bond donors (Lipinski definition) is 2. The van der Waals surface area contributed by atoms with Crippen molar-refractivity contribution in [1.29, 1.82) is 0 Å². The fourth-order valence-electron chi connectivity index (χ4n) is 2.28. The number of carbonyl (C=O) groups excluding carboxylic acids is 1. The van der Waals surface area contributed by atoms with E-state index < -0.39 is 6.10 Å². The molecule has 0 saturated carbocycles.